The summed E-state index contributed by atoms with van der Waals surface area (Å²) >= 11 is 1.51. The number of hydrogen-bond acceptors (Lipinski definition) is 19. The average molecular weight is 1060 g/mol. The van der Waals surface area contributed by atoms with E-state index in [9.17, 15) is 19.8 Å². The Kier molecular flexibility index (Phi) is 15.0. The Morgan fingerprint density at radius 2 is 1.66 bits per heavy atom. The first kappa shape index (κ1) is 51.2. The summed E-state index contributed by atoms with van der Waals surface area (Å²) in [6.07, 6.45) is 7.19. The third-order valence-corrected chi connectivity index (χ3v) is 16.5. The van der Waals surface area contributed by atoms with Crippen molar-refractivity contribution in [3.63, 3.8) is 0 Å². The van der Waals surface area contributed by atoms with Crippen molar-refractivity contribution in [1.82, 2.24) is 40.3 Å². The fraction of sp³-hybridized carbons (Fsp3) is 0.491. The topological polar surface area (TPSA) is 244 Å². The lowest BCUT2D eigenvalue weighted by molar-refractivity contribution is -0.139. The van der Waals surface area contributed by atoms with Crippen LogP contribution in [-0.4, -0.2) is 151 Å². The molecule has 5 N–H and O–H groups in total. The van der Waals surface area contributed by atoms with Gasteiger partial charge in [0.1, 0.15) is 40.9 Å². The van der Waals surface area contributed by atoms with E-state index in [1.165, 1.54) is 16.2 Å². The second kappa shape index (κ2) is 22.3. The molecular weight excluding hydrogens is 989 g/mol. The number of benzene rings is 2. The van der Waals surface area contributed by atoms with Crippen LogP contribution in [0.3, 0.4) is 0 Å². The van der Waals surface area contributed by atoms with Crippen LogP contribution in [0.15, 0.2) is 89.0 Å². The quantitative estimate of drug-likeness (QED) is 0.0682. The lowest BCUT2D eigenvalue weighted by Gasteiger charge is -2.44. The van der Waals surface area contributed by atoms with E-state index in [-0.39, 0.29) is 67.0 Å². The number of nitrogens with two attached hydrogens (primary N) is 1. The summed E-state index contributed by atoms with van der Waals surface area (Å²) in [5, 5.41) is 47.2. The zero-order valence-corrected chi connectivity index (χ0v) is 43.9. The number of piperazine rings is 1. The number of aliphatic hydroxyl groups is 1. The molecule has 76 heavy (non-hydrogen) atoms. The summed E-state index contributed by atoms with van der Waals surface area (Å²) in [5.74, 6) is 0.323. The molecule has 4 aromatic heterocycles. The first-order valence-corrected chi connectivity index (χ1v) is 27.5. The Bertz CT molecular complexity index is 2940. The van der Waals surface area contributed by atoms with E-state index in [0.717, 1.165) is 92.2 Å². The molecule has 400 valence electrons. The number of fused-ring (bicyclic) bond motifs is 2. The maximum absolute atomic E-state index is 13.6. The molecule has 21 heteroatoms. The standard InChI is InChI=1S/C55H66N12O8S/c1-32(2)51(55(71)66-30-39(68)23-45(66)52(56)70)48-27-50(63-75-48)72-21-20-64-18-15-40(16-19-64)73-41-24-42(25-41)74-49-22-36(14-17-57-49)67-37-12-13-38(67)29-65(28-37)46-26-44(43-6-4-5-7-47(43)69)60-61-53(46)59-33(3)34-8-10-35(11-9-34)54-62-58-31-76-54/h4-11,14,17,22,26-27,31-33,37-42,45,51,68-69H,12-13,15-16,18-21,23-25,28-30H2,1-3H3,(H2,56,70)(H,59,61)/t33-,37-,38-,39?,41?,42?,45?,51-/m0/s1. The highest BCUT2D eigenvalue weighted by molar-refractivity contribution is 7.12. The van der Waals surface area contributed by atoms with Crippen molar-refractivity contribution in [3.05, 3.63) is 95.8 Å². The highest BCUT2D eigenvalue weighted by atomic mass is 32.1. The molecule has 1 aliphatic carbocycles. The molecule has 8 heterocycles. The van der Waals surface area contributed by atoms with E-state index in [4.69, 9.17) is 29.6 Å². The van der Waals surface area contributed by atoms with Gasteiger partial charge in [-0.2, -0.15) is 0 Å². The SMILES string of the molecule is CC(C)[C@H](C(=O)N1CC(O)CC1C(N)=O)c1cc(OCCN2CCC(OC3CC(Oc4cc(N5[C@H]6CC[C@H]5CN(c5cc(-c7ccccc7O)nnc5N[C@@H](C)c5ccc(-c7nncs7)cc5)C6)ccn4)C3)CC2)no1. The summed E-state index contributed by atoms with van der Waals surface area (Å²) in [6, 6.07) is 23.1. The molecule has 20 nitrogen and oxygen atoms in total. The Labute approximate surface area is 445 Å². The van der Waals surface area contributed by atoms with Gasteiger partial charge in [-0.15, -0.1) is 20.4 Å². The van der Waals surface area contributed by atoms with Crippen molar-refractivity contribution in [2.75, 3.05) is 61.0 Å². The molecule has 2 bridgehead atoms. The third kappa shape index (κ3) is 11.1. The normalized spacial score (nSPS) is 23.6. The first-order chi connectivity index (χ1) is 36.9. The number of carbonyl (C=O) groups is 2. The van der Waals surface area contributed by atoms with Gasteiger partial charge in [0.05, 0.1) is 35.7 Å². The monoisotopic (exact) mass is 1050 g/mol. The molecule has 0 radical (unpaired) electrons. The van der Waals surface area contributed by atoms with E-state index in [1.54, 1.807) is 17.6 Å². The molecule has 5 aliphatic rings. The fourth-order valence-corrected chi connectivity index (χ4v) is 12.2. The summed E-state index contributed by atoms with van der Waals surface area (Å²) in [6.45, 7) is 10.4. The van der Waals surface area contributed by atoms with E-state index in [0.29, 0.717) is 47.7 Å². The van der Waals surface area contributed by atoms with Gasteiger partial charge in [0.2, 0.25) is 17.7 Å². The number of aromatic hydroxyl groups is 1. The maximum atomic E-state index is 13.6. The number of rotatable bonds is 19. The summed E-state index contributed by atoms with van der Waals surface area (Å²) in [4.78, 5) is 38.9. The zero-order valence-electron chi connectivity index (χ0n) is 43.1. The number of pyridine rings is 1. The van der Waals surface area contributed by atoms with E-state index in [2.05, 4.69) is 94.8 Å². The highest BCUT2D eigenvalue weighted by Gasteiger charge is 2.44. The van der Waals surface area contributed by atoms with Crippen molar-refractivity contribution >= 4 is 40.3 Å². The number of likely N-dealkylation sites (tertiary alicyclic amines) is 2. The number of hydrogen-bond donors (Lipinski definition) is 4. The minimum Gasteiger partial charge on any atom is -0.507 e. The van der Waals surface area contributed by atoms with E-state index < -0.39 is 24.0 Å². The van der Waals surface area contributed by atoms with Crippen LogP contribution in [0.25, 0.3) is 21.8 Å². The number of primary amides is 1. The van der Waals surface area contributed by atoms with Gasteiger partial charge in [0.15, 0.2) is 11.6 Å². The number of phenolic OH excluding ortho intramolecular Hbond substituents is 1. The lowest BCUT2D eigenvalue weighted by Crippen LogP contribution is -2.54. The molecule has 6 aromatic rings. The molecule has 2 amide bonds. The highest BCUT2D eigenvalue weighted by Crippen LogP contribution is 2.42. The minimum atomic E-state index is -0.855. The third-order valence-electron chi connectivity index (χ3n) is 15.7. The number of amides is 2. The van der Waals surface area contributed by atoms with Gasteiger partial charge in [-0.3, -0.25) is 14.5 Å². The van der Waals surface area contributed by atoms with Crippen LogP contribution in [0.4, 0.5) is 17.2 Å². The van der Waals surface area contributed by atoms with Gasteiger partial charge in [-0.25, -0.2) is 4.98 Å². The molecule has 11 rings (SSSR count). The number of ether oxygens (including phenoxy) is 3. The molecule has 4 saturated heterocycles. The van der Waals surface area contributed by atoms with Crippen molar-refractivity contribution in [1.29, 1.82) is 0 Å². The molecule has 0 spiro atoms. The molecule has 5 fully saturated rings. The van der Waals surface area contributed by atoms with Crippen molar-refractivity contribution in [2.24, 2.45) is 11.7 Å². The fourth-order valence-electron chi connectivity index (χ4n) is 11.6. The van der Waals surface area contributed by atoms with Crippen LogP contribution in [-0.2, 0) is 14.3 Å². The van der Waals surface area contributed by atoms with Gasteiger partial charge in [0.25, 0.3) is 5.88 Å². The second-order valence-electron chi connectivity index (χ2n) is 21.2. The molecule has 1 saturated carbocycles. The number of anilines is 3. The van der Waals surface area contributed by atoms with Gasteiger partial charge >= 0.3 is 0 Å². The van der Waals surface area contributed by atoms with Crippen LogP contribution in [0.1, 0.15) is 89.0 Å². The van der Waals surface area contributed by atoms with Gasteiger partial charge < -0.3 is 54.7 Å². The second-order valence-corrected chi connectivity index (χ2v) is 22.0. The Morgan fingerprint density at radius 1 is 0.882 bits per heavy atom. The molecular formula is C55H66N12O8S. The number of aromatic nitrogens is 6. The zero-order chi connectivity index (χ0) is 52.5. The number of carbonyl (C=O) groups excluding carboxylic acids is 2. The van der Waals surface area contributed by atoms with Crippen LogP contribution in [0.2, 0.25) is 0 Å². The lowest BCUT2D eigenvalue weighted by atomic mass is 9.91. The predicted octanol–water partition coefficient (Wildman–Crippen LogP) is 6.44. The minimum absolute atomic E-state index is 0.0451. The summed E-state index contributed by atoms with van der Waals surface area (Å²) in [5.41, 5.74) is 12.7. The summed E-state index contributed by atoms with van der Waals surface area (Å²) < 4.78 is 24.6. The molecule has 2 unspecified atom stereocenters. The van der Waals surface area contributed by atoms with Crippen molar-refractivity contribution in [3.8, 4) is 39.3 Å². The van der Waals surface area contributed by atoms with E-state index >= 15 is 0 Å². The maximum Gasteiger partial charge on any atom is 0.254 e. The number of aliphatic hydroxyl groups excluding tert-OH is 1. The first-order valence-electron chi connectivity index (χ1n) is 26.6. The molecule has 2 aromatic carbocycles. The molecule has 4 aliphatic heterocycles. The van der Waals surface area contributed by atoms with Gasteiger partial charge in [0, 0.05) is 106 Å². The average Bonchev–Trinajstić information content (AvgIpc) is 4.24. The number of piperidine rings is 1. The summed E-state index contributed by atoms with van der Waals surface area (Å²) in [7, 11) is 0. The van der Waals surface area contributed by atoms with E-state index in [1.807, 2.05) is 38.2 Å². The smallest absolute Gasteiger partial charge is 0.254 e. The Morgan fingerprint density at radius 3 is 2.38 bits per heavy atom. The number of nitrogens with zero attached hydrogens (tertiary/aromatic N) is 10. The number of para-hydroxylation sites is 1. The van der Waals surface area contributed by atoms with Crippen molar-refractivity contribution in [2.45, 2.75) is 120 Å². The molecule has 6 atom stereocenters. The van der Waals surface area contributed by atoms with Crippen LogP contribution >= 0.6 is 11.3 Å². The number of β-amino-alcohol motifs (C(OH)–C–C–N with tert-alkyl or cyclic N) is 1. The predicted molar refractivity (Wildman–Crippen MR) is 285 cm³/mol. The number of phenols is 1. The Hall–Kier alpha value is -6.94. The Balaban J connectivity index is 0.646. The number of nitrogens with one attached hydrogen (secondary N) is 1. The van der Waals surface area contributed by atoms with Crippen LogP contribution in [0, 0.1) is 5.92 Å². The largest absolute Gasteiger partial charge is 0.507 e. The van der Waals surface area contributed by atoms with Crippen molar-refractivity contribution < 1.29 is 38.5 Å². The van der Waals surface area contributed by atoms with Gasteiger partial charge in [-0.05, 0) is 73.5 Å². The van der Waals surface area contributed by atoms with Crippen LogP contribution < -0.4 is 30.3 Å². The van der Waals surface area contributed by atoms with Crippen LogP contribution in [0.5, 0.6) is 17.5 Å². The van der Waals surface area contributed by atoms with Gasteiger partial charge in [-0.1, -0.05) is 61.6 Å².